The molecule has 0 radical (unpaired) electrons. The molecule has 2 aromatic rings. The van der Waals surface area contributed by atoms with Gasteiger partial charge in [-0.15, -0.1) is 0 Å². The topological polar surface area (TPSA) is 70.4 Å². The Hall–Kier alpha value is -1.73. The van der Waals surface area contributed by atoms with Crippen molar-refractivity contribution in [2.24, 2.45) is 0 Å². The summed E-state index contributed by atoms with van der Waals surface area (Å²) < 4.78 is 36.6. The zero-order valence-electron chi connectivity index (χ0n) is 12.0. The molecule has 0 saturated heterocycles. The Morgan fingerprint density at radius 1 is 1.19 bits per heavy atom. The molecule has 0 aliphatic rings. The first-order valence-electron chi connectivity index (χ1n) is 6.02. The molecule has 0 spiro atoms. The molecule has 0 aliphatic carbocycles. The molecule has 21 heavy (non-hydrogen) atoms. The predicted molar refractivity (Wildman–Crippen MR) is 78.8 cm³/mol. The average molecular weight is 331 g/mol. The highest BCUT2D eigenvalue weighted by Gasteiger charge is 2.26. The van der Waals surface area contributed by atoms with Gasteiger partial charge in [-0.1, -0.05) is 11.6 Å². The summed E-state index contributed by atoms with van der Waals surface area (Å²) in [6.45, 7) is 3.24. The van der Waals surface area contributed by atoms with Gasteiger partial charge >= 0.3 is 0 Å². The van der Waals surface area contributed by atoms with E-state index in [1.165, 1.54) is 26.4 Å². The van der Waals surface area contributed by atoms with Gasteiger partial charge in [0.2, 0.25) is 0 Å². The summed E-state index contributed by atoms with van der Waals surface area (Å²) in [5, 5.41) is 4.31. The number of ether oxygens (including phenoxy) is 2. The molecule has 0 amide bonds. The Morgan fingerprint density at radius 3 is 2.33 bits per heavy atom. The van der Waals surface area contributed by atoms with Gasteiger partial charge in [0.25, 0.3) is 10.0 Å². The molecule has 8 heteroatoms. The average Bonchev–Trinajstić information content (AvgIpc) is 2.74. The van der Waals surface area contributed by atoms with Crippen LogP contribution in [-0.2, 0) is 10.0 Å². The third-order valence-corrected chi connectivity index (χ3v) is 5.29. The van der Waals surface area contributed by atoms with E-state index in [0.29, 0.717) is 22.2 Å². The number of aryl methyl sites for hydroxylation is 1. The van der Waals surface area contributed by atoms with E-state index in [9.17, 15) is 8.42 Å². The smallest absolute Gasteiger partial charge is 0.286 e. The SMILES string of the molecule is COc1ccc(S(=O)(=O)n2nc(C)c(Cl)c2C)c(OC)c1. The summed E-state index contributed by atoms with van der Waals surface area (Å²) in [5.41, 5.74) is 0.803. The molecule has 0 atom stereocenters. The van der Waals surface area contributed by atoms with Gasteiger partial charge < -0.3 is 9.47 Å². The summed E-state index contributed by atoms with van der Waals surface area (Å²) in [6.07, 6.45) is 0. The first-order chi connectivity index (χ1) is 9.82. The van der Waals surface area contributed by atoms with Gasteiger partial charge in [0.1, 0.15) is 16.4 Å². The van der Waals surface area contributed by atoms with Gasteiger partial charge in [-0.2, -0.15) is 17.6 Å². The number of benzene rings is 1. The predicted octanol–water partition coefficient (Wildman–Crippen LogP) is 2.41. The van der Waals surface area contributed by atoms with Crippen molar-refractivity contribution in [3.8, 4) is 11.5 Å². The van der Waals surface area contributed by atoms with Crippen LogP contribution < -0.4 is 9.47 Å². The zero-order chi connectivity index (χ0) is 15.8. The van der Waals surface area contributed by atoms with Crippen LogP contribution in [0.2, 0.25) is 5.02 Å². The zero-order valence-corrected chi connectivity index (χ0v) is 13.6. The molecule has 0 fully saturated rings. The molecule has 0 unspecified atom stereocenters. The van der Waals surface area contributed by atoms with Crippen LogP contribution in [-0.4, -0.2) is 31.8 Å². The van der Waals surface area contributed by atoms with E-state index in [1.54, 1.807) is 19.9 Å². The van der Waals surface area contributed by atoms with Crippen LogP contribution in [0, 0.1) is 13.8 Å². The normalized spacial score (nSPS) is 11.5. The Balaban J connectivity index is 2.66. The largest absolute Gasteiger partial charge is 0.497 e. The highest BCUT2D eigenvalue weighted by atomic mass is 35.5. The van der Waals surface area contributed by atoms with Crippen LogP contribution in [0.1, 0.15) is 11.4 Å². The molecule has 1 aromatic heterocycles. The van der Waals surface area contributed by atoms with Gasteiger partial charge in [-0.25, -0.2) is 0 Å². The molecular weight excluding hydrogens is 316 g/mol. The van der Waals surface area contributed by atoms with E-state index >= 15 is 0 Å². The lowest BCUT2D eigenvalue weighted by atomic mass is 10.3. The minimum atomic E-state index is -3.90. The fourth-order valence-corrected chi connectivity index (χ4v) is 3.59. The summed E-state index contributed by atoms with van der Waals surface area (Å²) in [5.74, 6) is 0.676. The molecule has 0 bridgehead atoms. The minimum Gasteiger partial charge on any atom is -0.497 e. The second-order valence-electron chi connectivity index (χ2n) is 4.35. The van der Waals surface area contributed by atoms with Gasteiger partial charge in [-0.05, 0) is 26.0 Å². The van der Waals surface area contributed by atoms with Crippen molar-refractivity contribution in [3.05, 3.63) is 34.6 Å². The molecule has 1 heterocycles. The maximum atomic E-state index is 12.7. The molecule has 1 aromatic carbocycles. The highest BCUT2D eigenvalue weighted by molar-refractivity contribution is 7.90. The van der Waals surface area contributed by atoms with E-state index in [4.69, 9.17) is 21.1 Å². The summed E-state index contributed by atoms with van der Waals surface area (Å²) in [6, 6.07) is 4.46. The fraction of sp³-hybridized carbons (Fsp3) is 0.308. The number of hydrogen-bond donors (Lipinski definition) is 0. The first-order valence-corrected chi connectivity index (χ1v) is 7.84. The Labute approximate surface area is 128 Å². The van der Waals surface area contributed by atoms with E-state index in [0.717, 1.165) is 4.09 Å². The van der Waals surface area contributed by atoms with Crippen LogP contribution in [0.25, 0.3) is 0 Å². The third kappa shape index (κ3) is 2.58. The molecule has 0 aliphatic heterocycles. The van der Waals surface area contributed by atoms with Crippen LogP contribution in [0.15, 0.2) is 23.1 Å². The van der Waals surface area contributed by atoms with E-state index in [1.807, 2.05) is 0 Å². The number of rotatable bonds is 4. The van der Waals surface area contributed by atoms with Crippen molar-refractivity contribution in [2.45, 2.75) is 18.7 Å². The molecule has 0 saturated carbocycles. The maximum Gasteiger partial charge on any atom is 0.286 e. The number of hydrogen-bond acceptors (Lipinski definition) is 5. The number of halogens is 1. The van der Waals surface area contributed by atoms with Crippen molar-refractivity contribution in [1.82, 2.24) is 9.19 Å². The van der Waals surface area contributed by atoms with Gasteiger partial charge in [0, 0.05) is 6.07 Å². The van der Waals surface area contributed by atoms with Crippen LogP contribution in [0.5, 0.6) is 11.5 Å². The molecule has 0 N–H and O–H groups in total. The minimum absolute atomic E-state index is 0.00642. The van der Waals surface area contributed by atoms with Crippen molar-refractivity contribution in [2.75, 3.05) is 14.2 Å². The van der Waals surface area contributed by atoms with Gasteiger partial charge in [0.05, 0.1) is 30.6 Å². The monoisotopic (exact) mass is 330 g/mol. The summed E-state index contributed by atoms with van der Waals surface area (Å²) >= 11 is 6.01. The maximum absolute atomic E-state index is 12.7. The Kier molecular flexibility index (Phi) is 4.15. The van der Waals surface area contributed by atoms with Crippen LogP contribution in [0.4, 0.5) is 0 Å². The second kappa shape index (κ2) is 5.57. The second-order valence-corrected chi connectivity index (χ2v) is 6.46. The summed E-state index contributed by atoms with van der Waals surface area (Å²) in [4.78, 5) is -0.00642. The number of nitrogens with zero attached hydrogens (tertiary/aromatic N) is 2. The van der Waals surface area contributed by atoms with E-state index in [-0.39, 0.29) is 10.6 Å². The van der Waals surface area contributed by atoms with Crippen LogP contribution in [0.3, 0.4) is 0 Å². The lowest BCUT2D eigenvalue weighted by Gasteiger charge is -2.12. The van der Waals surface area contributed by atoms with Crippen molar-refractivity contribution < 1.29 is 17.9 Å². The number of methoxy groups -OCH3 is 2. The third-order valence-electron chi connectivity index (χ3n) is 3.04. The quantitative estimate of drug-likeness (QED) is 0.861. The van der Waals surface area contributed by atoms with Crippen molar-refractivity contribution in [1.29, 1.82) is 0 Å². The van der Waals surface area contributed by atoms with Crippen LogP contribution >= 0.6 is 11.6 Å². The van der Waals surface area contributed by atoms with Crippen molar-refractivity contribution in [3.63, 3.8) is 0 Å². The molecule has 6 nitrogen and oxygen atoms in total. The Bertz CT molecular complexity index is 784. The summed E-state index contributed by atoms with van der Waals surface area (Å²) in [7, 11) is -1.02. The highest BCUT2D eigenvalue weighted by Crippen LogP contribution is 2.31. The molecule has 2 rings (SSSR count). The number of aromatic nitrogens is 2. The molecular formula is C13H15ClN2O4S. The Morgan fingerprint density at radius 2 is 1.86 bits per heavy atom. The van der Waals surface area contributed by atoms with Gasteiger partial charge in [-0.3, -0.25) is 0 Å². The lowest BCUT2D eigenvalue weighted by molar-refractivity contribution is 0.386. The standard InChI is InChI=1S/C13H15ClN2O4S/c1-8-13(14)9(2)16(15-8)21(17,18)12-6-5-10(19-3)7-11(12)20-4/h5-7H,1-4H3. The first kappa shape index (κ1) is 15.7. The van der Waals surface area contributed by atoms with E-state index in [2.05, 4.69) is 5.10 Å². The molecule has 114 valence electrons. The fourth-order valence-electron chi connectivity index (χ4n) is 1.92. The van der Waals surface area contributed by atoms with Gasteiger partial charge in [0.15, 0.2) is 0 Å². The lowest BCUT2D eigenvalue weighted by Crippen LogP contribution is -2.17. The van der Waals surface area contributed by atoms with E-state index < -0.39 is 10.0 Å². The van der Waals surface area contributed by atoms with Crippen molar-refractivity contribution >= 4 is 21.6 Å².